The molecule has 0 aliphatic rings. The Hall–Kier alpha value is -1.20. The molecule has 0 saturated heterocycles. The van der Waals surface area contributed by atoms with Gasteiger partial charge in [0.05, 0.1) is 22.9 Å². The summed E-state index contributed by atoms with van der Waals surface area (Å²) in [4.78, 5) is 4.51. The van der Waals surface area contributed by atoms with E-state index in [0.29, 0.717) is 0 Å². The highest BCUT2D eigenvalue weighted by Gasteiger charge is 2.13. The quantitative estimate of drug-likeness (QED) is 0.878. The Morgan fingerprint density at radius 2 is 2.38 bits per heavy atom. The molecule has 86 valence electrons. The van der Waals surface area contributed by atoms with Crippen molar-refractivity contribution in [1.82, 2.24) is 20.1 Å². The number of nitrogens with zero attached hydrogens (tertiary/aromatic N) is 3. The van der Waals surface area contributed by atoms with E-state index in [4.69, 9.17) is 0 Å². The molecule has 0 aliphatic heterocycles. The Kier molecular flexibility index (Phi) is 3.36. The monoisotopic (exact) mass is 236 g/mol. The third-order valence-electron chi connectivity index (χ3n) is 2.54. The third kappa shape index (κ3) is 2.48. The highest BCUT2D eigenvalue weighted by atomic mass is 32.1. The Morgan fingerprint density at radius 3 is 2.88 bits per heavy atom. The van der Waals surface area contributed by atoms with Gasteiger partial charge in [-0.1, -0.05) is 0 Å². The Bertz CT molecular complexity index is 460. The van der Waals surface area contributed by atoms with Gasteiger partial charge in [0.1, 0.15) is 0 Å². The highest BCUT2D eigenvalue weighted by molar-refractivity contribution is 7.09. The van der Waals surface area contributed by atoms with Crippen LogP contribution < -0.4 is 5.32 Å². The SMILES string of the molecule is CNC(Cc1cnn(C)c1)c1csc(C)n1. The van der Waals surface area contributed by atoms with Crippen LogP contribution in [0.25, 0.3) is 0 Å². The van der Waals surface area contributed by atoms with Crippen LogP contribution in [0.1, 0.15) is 22.3 Å². The van der Waals surface area contributed by atoms with Crippen molar-refractivity contribution in [3.8, 4) is 0 Å². The number of likely N-dealkylation sites (N-methyl/N-ethyl adjacent to an activating group) is 1. The minimum absolute atomic E-state index is 0.272. The molecule has 4 nitrogen and oxygen atoms in total. The number of nitrogens with one attached hydrogen (secondary N) is 1. The molecule has 0 aliphatic carbocycles. The zero-order chi connectivity index (χ0) is 11.5. The van der Waals surface area contributed by atoms with Crippen LogP contribution in [0.15, 0.2) is 17.8 Å². The molecule has 0 radical (unpaired) electrons. The molecule has 5 heteroatoms. The molecule has 16 heavy (non-hydrogen) atoms. The van der Waals surface area contributed by atoms with Gasteiger partial charge in [0.2, 0.25) is 0 Å². The van der Waals surface area contributed by atoms with Gasteiger partial charge in [-0.25, -0.2) is 4.98 Å². The molecule has 1 unspecified atom stereocenters. The van der Waals surface area contributed by atoms with Crippen LogP contribution in [-0.4, -0.2) is 21.8 Å². The molecule has 0 bridgehead atoms. The summed E-state index contributed by atoms with van der Waals surface area (Å²) in [6.07, 6.45) is 4.88. The first-order chi connectivity index (χ1) is 7.69. The van der Waals surface area contributed by atoms with E-state index in [0.717, 1.165) is 17.1 Å². The Balaban J connectivity index is 2.12. The highest BCUT2D eigenvalue weighted by Crippen LogP contribution is 2.19. The molecule has 0 fully saturated rings. The molecule has 2 heterocycles. The first-order valence-corrected chi connectivity index (χ1v) is 6.14. The van der Waals surface area contributed by atoms with Gasteiger partial charge in [-0.2, -0.15) is 5.10 Å². The van der Waals surface area contributed by atoms with Crippen LogP contribution in [0.3, 0.4) is 0 Å². The van der Waals surface area contributed by atoms with Crippen molar-refractivity contribution in [2.24, 2.45) is 7.05 Å². The molecule has 0 amide bonds. The largest absolute Gasteiger partial charge is 0.311 e. The van der Waals surface area contributed by atoms with Crippen molar-refractivity contribution in [2.45, 2.75) is 19.4 Å². The van der Waals surface area contributed by atoms with Crippen molar-refractivity contribution in [2.75, 3.05) is 7.05 Å². The van der Waals surface area contributed by atoms with Crippen LogP contribution in [0.5, 0.6) is 0 Å². The Morgan fingerprint density at radius 1 is 1.56 bits per heavy atom. The fraction of sp³-hybridized carbons (Fsp3) is 0.455. The minimum atomic E-state index is 0.272. The number of aryl methyl sites for hydroxylation is 2. The smallest absolute Gasteiger partial charge is 0.0898 e. The summed E-state index contributed by atoms with van der Waals surface area (Å²) < 4.78 is 1.83. The lowest BCUT2D eigenvalue weighted by molar-refractivity contribution is 0.578. The summed E-state index contributed by atoms with van der Waals surface area (Å²) in [5.41, 5.74) is 2.35. The van der Waals surface area contributed by atoms with E-state index in [1.165, 1.54) is 5.56 Å². The molecular weight excluding hydrogens is 220 g/mol. The van der Waals surface area contributed by atoms with Crippen LogP contribution in [0.2, 0.25) is 0 Å². The van der Waals surface area contributed by atoms with Gasteiger partial charge >= 0.3 is 0 Å². The van der Waals surface area contributed by atoms with E-state index in [9.17, 15) is 0 Å². The van der Waals surface area contributed by atoms with Crippen molar-refractivity contribution in [1.29, 1.82) is 0 Å². The average molecular weight is 236 g/mol. The second kappa shape index (κ2) is 4.76. The van der Waals surface area contributed by atoms with Gasteiger partial charge in [-0.3, -0.25) is 4.68 Å². The fourth-order valence-corrected chi connectivity index (χ4v) is 2.37. The zero-order valence-corrected chi connectivity index (χ0v) is 10.6. The van der Waals surface area contributed by atoms with E-state index in [2.05, 4.69) is 20.8 Å². The van der Waals surface area contributed by atoms with Gasteiger partial charge in [0.25, 0.3) is 0 Å². The summed E-state index contributed by atoms with van der Waals surface area (Å²) >= 11 is 1.69. The molecule has 2 aromatic rings. The Labute approximate surface area is 99.3 Å². The number of thiazole rings is 1. The van der Waals surface area contributed by atoms with Crippen molar-refractivity contribution in [3.63, 3.8) is 0 Å². The molecule has 2 aromatic heterocycles. The van der Waals surface area contributed by atoms with E-state index in [1.807, 2.05) is 38.1 Å². The first kappa shape index (κ1) is 11.3. The molecule has 0 aromatic carbocycles. The maximum Gasteiger partial charge on any atom is 0.0898 e. The van der Waals surface area contributed by atoms with Crippen LogP contribution in [0.4, 0.5) is 0 Å². The summed E-state index contributed by atoms with van der Waals surface area (Å²) in [5.74, 6) is 0. The van der Waals surface area contributed by atoms with E-state index >= 15 is 0 Å². The standard InChI is InChI=1S/C11H16N4S/c1-8-14-11(7-16-8)10(12-2)4-9-5-13-15(3)6-9/h5-7,10,12H,4H2,1-3H3. The first-order valence-electron chi connectivity index (χ1n) is 5.26. The summed E-state index contributed by atoms with van der Waals surface area (Å²) in [5, 5.41) is 10.7. The lowest BCUT2D eigenvalue weighted by Gasteiger charge is -2.12. The molecular formula is C11H16N4S. The molecule has 0 saturated carbocycles. The third-order valence-corrected chi connectivity index (χ3v) is 3.33. The number of rotatable bonds is 4. The molecule has 1 N–H and O–H groups in total. The van der Waals surface area contributed by atoms with Gasteiger partial charge in [-0.15, -0.1) is 11.3 Å². The normalized spacial score (nSPS) is 12.9. The molecule has 0 spiro atoms. The minimum Gasteiger partial charge on any atom is -0.311 e. The molecule has 1 atom stereocenters. The van der Waals surface area contributed by atoms with Gasteiger partial charge in [0, 0.05) is 18.6 Å². The summed E-state index contributed by atoms with van der Waals surface area (Å²) in [7, 11) is 3.90. The lowest BCUT2D eigenvalue weighted by Crippen LogP contribution is -2.19. The predicted octanol–water partition coefficient (Wildman–Crippen LogP) is 1.69. The van der Waals surface area contributed by atoms with Crippen LogP contribution in [0, 0.1) is 6.92 Å². The maximum absolute atomic E-state index is 4.51. The summed E-state index contributed by atoms with van der Waals surface area (Å²) in [6.45, 7) is 2.03. The lowest BCUT2D eigenvalue weighted by atomic mass is 10.1. The molecule has 2 rings (SSSR count). The van der Waals surface area contributed by atoms with Crippen molar-refractivity contribution < 1.29 is 0 Å². The van der Waals surface area contributed by atoms with Crippen LogP contribution in [-0.2, 0) is 13.5 Å². The van der Waals surface area contributed by atoms with Gasteiger partial charge in [0.15, 0.2) is 0 Å². The number of aromatic nitrogens is 3. The van der Waals surface area contributed by atoms with Crippen molar-refractivity contribution in [3.05, 3.63) is 34.0 Å². The fourth-order valence-electron chi connectivity index (χ4n) is 1.71. The number of hydrogen-bond acceptors (Lipinski definition) is 4. The van der Waals surface area contributed by atoms with Gasteiger partial charge < -0.3 is 5.32 Å². The topological polar surface area (TPSA) is 42.7 Å². The van der Waals surface area contributed by atoms with Gasteiger partial charge in [-0.05, 0) is 26.0 Å². The van der Waals surface area contributed by atoms with E-state index in [1.54, 1.807) is 11.3 Å². The predicted molar refractivity (Wildman–Crippen MR) is 65.6 cm³/mol. The maximum atomic E-state index is 4.51. The van der Waals surface area contributed by atoms with E-state index in [-0.39, 0.29) is 6.04 Å². The van der Waals surface area contributed by atoms with E-state index < -0.39 is 0 Å². The second-order valence-corrected chi connectivity index (χ2v) is 4.92. The number of hydrogen-bond donors (Lipinski definition) is 1. The van der Waals surface area contributed by atoms with Crippen molar-refractivity contribution >= 4 is 11.3 Å². The van der Waals surface area contributed by atoms with Crippen LogP contribution >= 0.6 is 11.3 Å². The second-order valence-electron chi connectivity index (χ2n) is 3.86. The zero-order valence-electron chi connectivity index (χ0n) is 9.77. The summed E-state index contributed by atoms with van der Waals surface area (Å²) in [6, 6.07) is 0.272. The average Bonchev–Trinajstić information content (AvgIpc) is 2.84.